The second-order valence-electron chi connectivity index (χ2n) is 17.4. The van der Waals surface area contributed by atoms with Crippen LogP contribution in [0.1, 0.15) is 75.6 Å². The molecule has 4 aliphatic rings. The number of ether oxygens (including phenoxy) is 1. The van der Waals surface area contributed by atoms with E-state index in [0.717, 1.165) is 51.6 Å². The molecule has 20 heteroatoms. The van der Waals surface area contributed by atoms with E-state index < -0.39 is 40.5 Å². The standard InChI is InChI=1S/C48H44ClN7O10S2/c49-41-42(66-24-39(58)59)44(47(62)63)67-43(41)28-3-1-4-31(22-28)51-30-15-19-55(20-16-30)68(64,65)25-26-7-8-29-23-50-48(52-35(29)21-26)54-17-13-27(14-18-54)32-9-10-36-40-33(32)5-2-6-34(40)46(61)56(36)37-11-12-38(57)53-45(37)60/h1-10,21-23,27,30,37,51H,11-20,24-25H2,(H,58,59)(H,62,63)(H,53,57,60). The molecule has 1 unspecified atom stereocenters. The van der Waals surface area contributed by atoms with Crippen molar-refractivity contribution < 1.29 is 47.3 Å². The predicted octanol–water partition coefficient (Wildman–Crippen LogP) is 6.88. The fourth-order valence-electron chi connectivity index (χ4n) is 9.87. The molecule has 10 rings (SSSR count). The van der Waals surface area contributed by atoms with Crippen LogP contribution in [-0.2, 0) is 30.2 Å². The number of carboxylic acids is 2. The van der Waals surface area contributed by atoms with Gasteiger partial charge in [-0.3, -0.25) is 24.6 Å². The van der Waals surface area contributed by atoms with Gasteiger partial charge in [-0.1, -0.05) is 54.1 Å². The molecule has 350 valence electrons. The summed E-state index contributed by atoms with van der Waals surface area (Å²) in [5.41, 5.74) is 5.01. The molecule has 6 aromatic rings. The Balaban J connectivity index is 0.765. The molecular weight excluding hydrogens is 934 g/mol. The monoisotopic (exact) mass is 977 g/mol. The smallest absolute Gasteiger partial charge is 0.349 e. The van der Waals surface area contributed by atoms with Crippen molar-refractivity contribution in [3.8, 4) is 16.2 Å². The highest BCUT2D eigenvalue weighted by molar-refractivity contribution is 7.88. The van der Waals surface area contributed by atoms with Crippen molar-refractivity contribution in [3.05, 3.63) is 106 Å². The number of imide groups is 1. The minimum absolute atomic E-state index is 0.0107. The van der Waals surface area contributed by atoms with E-state index in [9.17, 15) is 37.5 Å². The molecule has 4 N–H and O–H groups in total. The first-order valence-corrected chi connectivity index (χ1v) is 25.0. The van der Waals surface area contributed by atoms with Crippen molar-refractivity contribution in [3.63, 3.8) is 0 Å². The van der Waals surface area contributed by atoms with E-state index in [2.05, 4.69) is 26.6 Å². The number of rotatable bonds is 13. The summed E-state index contributed by atoms with van der Waals surface area (Å²) < 4.78 is 34.3. The Morgan fingerprint density at radius 1 is 0.926 bits per heavy atom. The van der Waals surface area contributed by atoms with Gasteiger partial charge in [-0.05, 0) is 90.4 Å². The van der Waals surface area contributed by atoms with Gasteiger partial charge in [-0.15, -0.1) is 11.3 Å². The fraction of sp³-hybridized carbons (Fsp3) is 0.312. The molecular formula is C48H44ClN7O10S2. The highest BCUT2D eigenvalue weighted by Gasteiger charge is 2.41. The Morgan fingerprint density at radius 2 is 1.71 bits per heavy atom. The number of carbonyl (C=O) groups is 5. The van der Waals surface area contributed by atoms with Crippen molar-refractivity contribution in [2.45, 2.75) is 62.3 Å². The number of hydrogen-bond donors (Lipinski definition) is 4. The lowest BCUT2D eigenvalue weighted by Crippen LogP contribution is -2.53. The van der Waals surface area contributed by atoms with E-state index in [1.807, 2.05) is 42.5 Å². The van der Waals surface area contributed by atoms with Gasteiger partial charge in [-0.2, -0.15) is 0 Å². The number of carboxylic acid groups (broad SMARTS) is 2. The highest BCUT2D eigenvalue weighted by Crippen LogP contribution is 2.47. The molecule has 0 radical (unpaired) electrons. The molecule has 0 spiro atoms. The molecule has 68 heavy (non-hydrogen) atoms. The molecule has 4 aromatic carbocycles. The number of aromatic carboxylic acids is 1. The maximum absolute atomic E-state index is 13.8. The summed E-state index contributed by atoms with van der Waals surface area (Å²) in [6.07, 6.45) is 4.95. The molecule has 3 saturated heterocycles. The molecule has 17 nitrogen and oxygen atoms in total. The number of thiophene rings is 1. The number of anilines is 3. The molecule has 2 aromatic heterocycles. The predicted molar refractivity (Wildman–Crippen MR) is 256 cm³/mol. The van der Waals surface area contributed by atoms with Gasteiger partial charge in [0.2, 0.25) is 27.8 Å². The zero-order chi connectivity index (χ0) is 47.4. The Bertz CT molecular complexity index is 3190. The van der Waals surface area contributed by atoms with Crippen molar-refractivity contribution in [1.29, 1.82) is 0 Å². The largest absolute Gasteiger partial charge is 0.479 e. The normalized spacial score (nSPS) is 18.4. The summed E-state index contributed by atoms with van der Waals surface area (Å²) in [7, 11) is -3.67. The lowest BCUT2D eigenvalue weighted by Gasteiger charge is -2.33. The topological polar surface area (TPSA) is 229 Å². The van der Waals surface area contributed by atoms with Crippen LogP contribution in [0.2, 0.25) is 5.02 Å². The van der Waals surface area contributed by atoms with E-state index in [4.69, 9.17) is 26.4 Å². The Kier molecular flexibility index (Phi) is 12.0. The third-order valence-electron chi connectivity index (χ3n) is 13.2. The molecule has 1 atom stereocenters. The zero-order valence-corrected chi connectivity index (χ0v) is 38.7. The Morgan fingerprint density at radius 3 is 2.46 bits per heavy atom. The average Bonchev–Trinajstić information content (AvgIpc) is 3.81. The molecule has 3 fully saturated rings. The van der Waals surface area contributed by atoms with Crippen molar-refractivity contribution >= 4 is 102 Å². The Hall–Kier alpha value is -6.67. The summed E-state index contributed by atoms with van der Waals surface area (Å²) >= 11 is 7.40. The maximum Gasteiger partial charge on any atom is 0.349 e. The van der Waals surface area contributed by atoms with Gasteiger partial charge in [0, 0.05) is 66.9 Å². The summed E-state index contributed by atoms with van der Waals surface area (Å²) in [6.45, 7) is 1.27. The highest BCUT2D eigenvalue weighted by atomic mass is 35.5. The van der Waals surface area contributed by atoms with E-state index in [1.165, 1.54) is 4.31 Å². The number of halogens is 1. The van der Waals surface area contributed by atoms with Crippen molar-refractivity contribution in [1.82, 2.24) is 19.6 Å². The van der Waals surface area contributed by atoms with E-state index in [0.29, 0.717) is 77.7 Å². The number of amides is 3. The minimum Gasteiger partial charge on any atom is -0.479 e. The number of nitrogens with zero attached hydrogens (tertiary/aromatic N) is 5. The quantitative estimate of drug-likeness (QED) is 0.0866. The number of benzene rings is 4. The lowest BCUT2D eigenvalue weighted by atomic mass is 9.85. The van der Waals surface area contributed by atoms with Gasteiger partial charge in [0.15, 0.2) is 17.2 Å². The number of aliphatic carboxylic acids is 1. The SMILES string of the molecule is O=C(O)COc1c(C(=O)O)sc(-c2cccc(NC3CCN(S(=O)(=O)Cc4ccc5cnc(N6CCC(c7ccc8c9c(cccc79)C(=O)N8C7CCC(=O)NC7=O)CC6)nc5c4)CC3)c2)c1Cl. The summed E-state index contributed by atoms with van der Waals surface area (Å²) in [6, 6.07) is 21.6. The Labute approximate surface area is 398 Å². The van der Waals surface area contributed by atoms with Gasteiger partial charge in [0.25, 0.3) is 5.91 Å². The number of aromatic nitrogens is 2. The third kappa shape index (κ3) is 8.59. The van der Waals surface area contributed by atoms with Crippen molar-refractivity contribution in [2.75, 3.05) is 47.9 Å². The summed E-state index contributed by atoms with van der Waals surface area (Å²) in [5.74, 6) is -3.18. The molecule has 0 aliphatic carbocycles. The van der Waals surface area contributed by atoms with E-state index in [1.54, 1.807) is 35.4 Å². The van der Waals surface area contributed by atoms with Crippen LogP contribution in [0.5, 0.6) is 5.75 Å². The molecule has 0 bridgehead atoms. The first-order valence-electron chi connectivity index (χ1n) is 22.2. The number of piperidine rings is 3. The first kappa shape index (κ1) is 45.1. The average molecular weight is 979 g/mol. The van der Waals surface area contributed by atoms with E-state index >= 15 is 0 Å². The van der Waals surface area contributed by atoms with Crippen LogP contribution < -0.4 is 25.2 Å². The minimum atomic E-state index is -3.67. The second-order valence-corrected chi connectivity index (χ2v) is 20.8. The van der Waals surface area contributed by atoms with Crippen molar-refractivity contribution in [2.24, 2.45) is 0 Å². The van der Waals surface area contributed by atoms with Crippen LogP contribution in [-0.4, -0.2) is 107 Å². The van der Waals surface area contributed by atoms with Crippen LogP contribution >= 0.6 is 22.9 Å². The van der Waals surface area contributed by atoms with Crippen LogP contribution in [0.3, 0.4) is 0 Å². The van der Waals surface area contributed by atoms with Crippen LogP contribution in [0.25, 0.3) is 32.1 Å². The zero-order valence-electron chi connectivity index (χ0n) is 36.3. The van der Waals surface area contributed by atoms with Gasteiger partial charge < -0.3 is 25.2 Å². The van der Waals surface area contributed by atoms with Gasteiger partial charge in [0.1, 0.15) is 11.1 Å². The first-order chi connectivity index (χ1) is 32.7. The third-order valence-corrected chi connectivity index (χ3v) is 16.7. The van der Waals surface area contributed by atoms with Gasteiger partial charge >= 0.3 is 11.9 Å². The molecule has 0 saturated carbocycles. The number of carbonyl (C=O) groups excluding carboxylic acids is 3. The van der Waals surface area contributed by atoms with Gasteiger partial charge in [-0.25, -0.2) is 32.3 Å². The number of sulfonamides is 1. The second kappa shape index (κ2) is 18.1. The molecule has 6 heterocycles. The molecule has 4 aliphatic heterocycles. The number of nitrogens with one attached hydrogen (secondary N) is 2. The number of hydrogen-bond acceptors (Lipinski definition) is 13. The van der Waals surface area contributed by atoms with Gasteiger partial charge in [0.05, 0.1) is 21.8 Å². The van der Waals surface area contributed by atoms with Crippen LogP contribution in [0.4, 0.5) is 17.3 Å². The molecule has 3 amide bonds. The summed E-state index contributed by atoms with van der Waals surface area (Å²) in [5, 5.41) is 27.2. The number of fused-ring (bicyclic) bond motifs is 1. The lowest BCUT2D eigenvalue weighted by molar-refractivity contribution is -0.139. The van der Waals surface area contributed by atoms with Crippen LogP contribution in [0.15, 0.2) is 79.0 Å². The summed E-state index contributed by atoms with van der Waals surface area (Å²) in [4.78, 5) is 74.8. The van der Waals surface area contributed by atoms with E-state index in [-0.39, 0.29) is 58.0 Å². The fourth-order valence-corrected chi connectivity index (χ4v) is 12.8. The maximum atomic E-state index is 13.8. The van der Waals surface area contributed by atoms with Crippen LogP contribution in [0, 0.1) is 0 Å².